The number of rotatable bonds is 5. The number of benzene rings is 2. The van der Waals surface area contributed by atoms with Crippen LogP contribution in [0, 0.1) is 5.82 Å². The molecule has 0 amide bonds. The van der Waals surface area contributed by atoms with Crippen LogP contribution >= 0.6 is 21.2 Å². The minimum Gasteiger partial charge on any atom is -0.504 e. The Kier molecular flexibility index (Phi) is 5.32. The Morgan fingerprint density at radius 2 is 1.90 bits per heavy atom. The van der Waals surface area contributed by atoms with E-state index in [-0.39, 0.29) is 20.1 Å². The van der Waals surface area contributed by atoms with Gasteiger partial charge in [-0.15, -0.1) is 0 Å². The van der Waals surface area contributed by atoms with Crippen LogP contribution in [0.4, 0.5) is 4.39 Å². The van der Waals surface area contributed by atoms with Crippen molar-refractivity contribution in [2.45, 2.75) is 5.75 Å². The molecule has 0 aliphatic rings. The normalized spacial score (nSPS) is 11.0. The van der Waals surface area contributed by atoms with Crippen LogP contribution < -0.4 is 20.1 Å². The van der Waals surface area contributed by atoms with E-state index in [9.17, 15) is 9.50 Å². The Bertz CT molecular complexity index is 649. The van der Waals surface area contributed by atoms with Gasteiger partial charge in [-0.25, -0.2) is 4.39 Å². The summed E-state index contributed by atoms with van der Waals surface area (Å²) in [4.78, 5) is 0. The number of aromatic hydroxyl groups is 1. The van der Waals surface area contributed by atoms with E-state index in [0.29, 0.717) is 22.6 Å². The van der Waals surface area contributed by atoms with Gasteiger partial charge in [0.1, 0.15) is 11.6 Å². The largest absolute Gasteiger partial charge is 0.504 e. The van der Waals surface area contributed by atoms with E-state index in [1.165, 1.54) is 19.2 Å². The van der Waals surface area contributed by atoms with Crippen molar-refractivity contribution < 1.29 is 19.0 Å². The van der Waals surface area contributed by atoms with E-state index in [1.54, 1.807) is 25.3 Å². The number of halogens is 1. The number of hydrogen-bond acceptors (Lipinski definition) is 4. The number of ether oxygens (including phenoxy) is 2. The fourth-order valence-electron chi connectivity index (χ4n) is 1.91. The van der Waals surface area contributed by atoms with E-state index in [2.05, 4.69) is 12.6 Å². The van der Waals surface area contributed by atoms with Crippen LogP contribution in [0.1, 0.15) is 5.56 Å². The van der Waals surface area contributed by atoms with Crippen LogP contribution in [0.15, 0.2) is 30.3 Å². The zero-order valence-corrected chi connectivity index (χ0v) is 13.6. The topological polar surface area (TPSA) is 38.7 Å². The number of thiol groups is 1. The highest BCUT2D eigenvalue weighted by atomic mass is 32.1. The first-order valence-corrected chi connectivity index (χ1v) is 7.83. The van der Waals surface area contributed by atoms with Crippen molar-refractivity contribution in [3.63, 3.8) is 0 Å². The van der Waals surface area contributed by atoms with Crippen molar-refractivity contribution >= 4 is 31.8 Å². The molecule has 2 rings (SSSR count). The summed E-state index contributed by atoms with van der Waals surface area (Å²) in [7, 11) is 3.19. The third kappa shape index (κ3) is 3.60. The molecule has 2 aromatic rings. The van der Waals surface area contributed by atoms with Gasteiger partial charge in [-0.2, -0.15) is 12.6 Å². The van der Waals surface area contributed by atoms with Crippen molar-refractivity contribution in [3.05, 3.63) is 41.7 Å². The first kappa shape index (κ1) is 15.9. The molecule has 0 saturated carbocycles. The quantitative estimate of drug-likeness (QED) is 0.655. The van der Waals surface area contributed by atoms with Gasteiger partial charge in [-0.05, 0) is 29.1 Å². The monoisotopic (exact) mass is 326 g/mol. The average Bonchev–Trinajstić information content (AvgIpc) is 2.50. The van der Waals surface area contributed by atoms with Gasteiger partial charge in [0.25, 0.3) is 0 Å². The number of methoxy groups -OCH3 is 2. The number of hydrogen-bond donors (Lipinski definition) is 2. The maximum atomic E-state index is 13.3. The smallest absolute Gasteiger partial charge is 0.165 e. The van der Waals surface area contributed by atoms with Gasteiger partial charge in [-0.3, -0.25) is 0 Å². The summed E-state index contributed by atoms with van der Waals surface area (Å²) in [6, 6.07) is 7.95. The van der Waals surface area contributed by atoms with Gasteiger partial charge in [0.2, 0.25) is 0 Å². The van der Waals surface area contributed by atoms with E-state index in [0.717, 1.165) is 10.9 Å². The molecule has 1 atom stereocenters. The lowest BCUT2D eigenvalue weighted by Gasteiger charge is -2.13. The van der Waals surface area contributed by atoms with Gasteiger partial charge in [0.15, 0.2) is 11.5 Å². The maximum Gasteiger partial charge on any atom is 0.165 e. The second kappa shape index (κ2) is 7.01. The Hall–Kier alpha value is -1.45. The van der Waals surface area contributed by atoms with Gasteiger partial charge >= 0.3 is 0 Å². The molecular formula is C15H16FO3PS. The molecule has 1 N–H and O–H groups in total. The number of phenols is 1. The molecule has 0 aromatic heterocycles. The molecule has 112 valence electrons. The standard InChI is InChI=1S/C15H16FO3PS/c1-18-11-6-12(19-2)15(17)14(7-11)20-13-4-3-10(16)5-9(13)8-21/h3-7,17,20-21H,8H2,1-2H3. The van der Waals surface area contributed by atoms with Crippen LogP contribution in [-0.2, 0) is 5.75 Å². The second-order valence-corrected chi connectivity index (χ2v) is 5.95. The van der Waals surface area contributed by atoms with Crippen LogP contribution in [0.2, 0.25) is 0 Å². The maximum absolute atomic E-state index is 13.3. The molecule has 1 unspecified atom stereocenters. The van der Waals surface area contributed by atoms with Gasteiger partial charge in [0, 0.05) is 17.1 Å². The molecule has 0 radical (unpaired) electrons. The zero-order valence-electron chi connectivity index (χ0n) is 11.7. The predicted octanol–water partition coefficient (Wildman–Crippen LogP) is 2.61. The molecular weight excluding hydrogens is 310 g/mol. The molecule has 0 aliphatic carbocycles. The summed E-state index contributed by atoms with van der Waals surface area (Å²) in [5, 5.41) is 11.8. The zero-order chi connectivity index (χ0) is 15.4. The third-order valence-electron chi connectivity index (χ3n) is 3.01. The SMILES string of the molecule is COc1cc(OC)c(O)c(Pc2ccc(F)cc2CS)c1. The van der Waals surface area contributed by atoms with Gasteiger partial charge in [0.05, 0.1) is 14.2 Å². The van der Waals surface area contributed by atoms with Crippen LogP contribution in [-0.4, -0.2) is 19.3 Å². The lowest BCUT2D eigenvalue weighted by Crippen LogP contribution is -2.10. The van der Waals surface area contributed by atoms with Crippen molar-refractivity contribution in [2.24, 2.45) is 0 Å². The molecule has 0 fully saturated rings. The Morgan fingerprint density at radius 3 is 2.52 bits per heavy atom. The van der Waals surface area contributed by atoms with Gasteiger partial charge in [-0.1, -0.05) is 14.6 Å². The van der Waals surface area contributed by atoms with Crippen molar-refractivity contribution in [3.8, 4) is 17.2 Å². The highest BCUT2D eigenvalue weighted by molar-refractivity contribution is 7.79. The summed E-state index contributed by atoms with van der Waals surface area (Å²) in [6.45, 7) is 0. The summed E-state index contributed by atoms with van der Waals surface area (Å²) in [5.41, 5.74) is 0.804. The molecule has 3 nitrogen and oxygen atoms in total. The minimum absolute atomic E-state index is 0.0751. The molecule has 21 heavy (non-hydrogen) atoms. The molecule has 0 spiro atoms. The lowest BCUT2D eigenvalue weighted by molar-refractivity contribution is 0.366. The number of phenolic OH excluding ortho intramolecular Hbond substituents is 1. The van der Waals surface area contributed by atoms with E-state index in [4.69, 9.17) is 9.47 Å². The fraction of sp³-hybridized carbons (Fsp3) is 0.200. The predicted molar refractivity (Wildman–Crippen MR) is 87.9 cm³/mol. The third-order valence-corrected chi connectivity index (χ3v) is 4.76. The van der Waals surface area contributed by atoms with E-state index < -0.39 is 0 Å². The molecule has 0 aliphatic heterocycles. The first-order valence-electron chi connectivity index (χ1n) is 6.20. The second-order valence-electron chi connectivity index (χ2n) is 4.31. The Morgan fingerprint density at radius 1 is 1.14 bits per heavy atom. The summed E-state index contributed by atoms with van der Waals surface area (Å²) in [5.74, 6) is 1.17. The highest BCUT2D eigenvalue weighted by Gasteiger charge is 2.13. The fourth-order valence-corrected chi connectivity index (χ4v) is 3.56. The van der Waals surface area contributed by atoms with Crippen LogP contribution in [0.25, 0.3) is 0 Å². The minimum atomic E-state index is -0.292. The first-order chi connectivity index (χ1) is 10.1. The summed E-state index contributed by atoms with van der Waals surface area (Å²) in [6.07, 6.45) is 0. The summed E-state index contributed by atoms with van der Waals surface area (Å²) < 4.78 is 23.6. The summed E-state index contributed by atoms with van der Waals surface area (Å²) >= 11 is 4.22. The molecule has 2 aromatic carbocycles. The highest BCUT2D eigenvalue weighted by Crippen LogP contribution is 2.33. The average molecular weight is 326 g/mol. The van der Waals surface area contributed by atoms with Crippen LogP contribution in [0.5, 0.6) is 17.2 Å². The lowest BCUT2D eigenvalue weighted by atomic mass is 10.2. The molecule has 6 heteroatoms. The van der Waals surface area contributed by atoms with E-state index in [1.807, 2.05) is 0 Å². The molecule has 0 saturated heterocycles. The van der Waals surface area contributed by atoms with E-state index >= 15 is 0 Å². The van der Waals surface area contributed by atoms with Crippen molar-refractivity contribution in [1.29, 1.82) is 0 Å². The Balaban J connectivity index is 2.43. The van der Waals surface area contributed by atoms with Gasteiger partial charge < -0.3 is 14.6 Å². The van der Waals surface area contributed by atoms with Crippen molar-refractivity contribution in [1.82, 2.24) is 0 Å². The van der Waals surface area contributed by atoms with Crippen molar-refractivity contribution in [2.75, 3.05) is 14.2 Å². The van der Waals surface area contributed by atoms with Crippen LogP contribution in [0.3, 0.4) is 0 Å². The molecule has 0 bridgehead atoms. The Labute approximate surface area is 130 Å². The molecule has 0 heterocycles.